The second-order valence-corrected chi connectivity index (χ2v) is 14.0. The summed E-state index contributed by atoms with van der Waals surface area (Å²) in [5, 5.41) is 4.28. The lowest BCUT2D eigenvalue weighted by molar-refractivity contribution is -0.0000159. The molecule has 0 unspecified atom stereocenters. The summed E-state index contributed by atoms with van der Waals surface area (Å²) in [5.74, 6) is 0.615. The second kappa shape index (κ2) is 13.9. The van der Waals surface area contributed by atoms with E-state index in [2.05, 4.69) is 41.4 Å². The molecule has 6 aromatic rings. The molecule has 6 rings (SSSR count). The SMILES string of the molecule is O=C(CSc1nc(-c2ccccc2)[nH]c(=O)c1[P+](c1ccccc1)(c1ccccc1)c1ccccc1)c1ccccc1.[Br-]. The number of H-pyrrole nitrogens is 1. The molecule has 212 valence electrons. The number of benzene rings is 5. The van der Waals surface area contributed by atoms with Crippen molar-refractivity contribution in [2.45, 2.75) is 5.03 Å². The number of ketones is 1. The van der Waals surface area contributed by atoms with Crippen LogP contribution < -0.4 is 43.8 Å². The quantitative estimate of drug-likeness (QED) is 0.112. The van der Waals surface area contributed by atoms with Crippen LogP contribution in [0.25, 0.3) is 11.4 Å². The number of nitrogens with zero attached hydrogens (tertiary/aromatic N) is 1. The molecule has 4 nitrogen and oxygen atoms in total. The average molecular weight is 664 g/mol. The van der Waals surface area contributed by atoms with Crippen molar-refractivity contribution in [1.29, 1.82) is 0 Å². The third kappa shape index (κ3) is 6.18. The van der Waals surface area contributed by atoms with Crippen molar-refractivity contribution < 1.29 is 21.8 Å². The van der Waals surface area contributed by atoms with Gasteiger partial charge in [0.2, 0.25) is 5.30 Å². The molecule has 0 spiro atoms. The Bertz CT molecular complexity index is 1760. The van der Waals surface area contributed by atoms with Crippen LogP contribution in [0.1, 0.15) is 10.4 Å². The van der Waals surface area contributed by atoms with Gasteiger partial charge in [-0.15, -0.1) is 0 Å². The zero-order valence-corrected chi connectivity index (χ0v) is 26.4. The van der Waals surface area contributed by atoms with Gasteiger partial charge in [-0.2, -0.15) is 0 Å². The zero-order chi connectivity index (χ0) is 28.8. The van der Waals surface area contributed by atoms with Crippen LogP contribution in [0.3, 0.4) is 0 Å². The van der Waals surface area contributed by atoms with E-state index < -0.39 is 7.26 Å². The van der Waals surface area contributed by atoms with Crippen LogP contribution in [-0.4, -0.2) is 21.5 Å². The molecule has 1 aromatic heterocycles. The normalized spacial score (nSPS) is 11.0. The fraction of sp³-hybridized carbons (Fsp3) is 0.0278. The molecule has 0 atom stereocenters. The number of halogens is 1. The fourth-order valence-electron chi connectivity index (χ4n) is 5.21. The molecular formula is C36H28BrN2O2PS. The molecule has 7 heteroatoms. The summed E-state index contributed by atoms with van der Waals surface area (Å²) in [6.45, 7) is 0. The van der Waals surface area contributed by atoms with Crippen LogP contribution in [-0.2, 0) is 0 Å². The number of hydrogen-bond acceptors (Lipinski definition) is 4. The molecule has 0 saturated carbocycles. The second-order valence-electron chi connectivity index (χ2n) is 9.69. The van der Waals surface area contributed by atoms with Gasteiger partial charge in [-0.05, 0) is 36.4 Å². The number of nitrogens with one attached hydrogen (secondary N) is 1. The van der Waals surface area contributed by atoms with Crippen molar-refractivity contribution in [3.05, 3.63) is 168 Å². The van der Waals surface area contributed by atoms with E-state index in [1.807, 2.05) is 115 Å². The van der Waals surface area contributed by atoms with E-state index in [-0.39, 0.29) is 34.1 Å². The third-order valence-corrected chi connectivity index (χ3v) is 12.5. The highest BCUT2D eigenvalue weighted by Crippen LogP contribution is 2.54. The Balaban J connectivity index is 0.00000368. The minimum atomic E-state index is -2.76. The van der Waals surface area contributed by atoms with Gasteiger partial charge in [0.1, 0.15) is 26.8 Å². The van der Waals surface area contributed by atoms with Crippen LogP contribution in [0.5, 0.6) is 0 Å². The topological polar surface area (TPSA) is 62.8 Å². The third-order valence-electron chi connectivity index (χ3n) is 7.11. The van der Waals surface area contributed by atoms with Gasteiger partial charge in [-0.1, -0.05) is 127 Å². The van der Waals surface area contributed by atoms with Gasteiger partial charge in [-0.25, -0.2) is 4.98 Å². The smallest absolute Gasteiger partial charge is 0.296 e. The summed E-state index contributed by atoms with van der Waals surface area (Å²) < 4.78 is 0. The molecule has 0 fully saturated rings. The maximum absolute atomic E-state index is 14.5. The molecule has 0 aliphatic heterocycles. The van der Waals surface area contributed by atoms with Crippen LogP contribution in [0.2, 0.25) is 0 Å². The van der Waals surface area contributed by atoms with Gasteiger partial charge in [-0.3, -0.25) is 9.59 Å². The highest BCUT2D eigenvalue weighted by atomic mass is 79.9. The maximum atomic E-state index is 14.5. The van der Waals surface area contributed by atoms with Gasteiger partial charge >= 0.3 is 0 Å². The predicted molar refractivity (Wildman–Crippen MR) is 177 cm³/mol. The first-order valence-corrected chi connectivity index (χ1v) is 16.4. The lowest BCUT2D eigenvalue weighted by Gasteiger charge is -2.28. The number of carbonyl (C=O) groups excluding carboxylic acids is 1. The van der Waals surface area contributed by atoms with E-state index in [1.54, 1.807) is 0 Å². The summed E-state index contributed by atoms with van der Waals surface area (Å²) in [7, 11) is -2.76. The van der Waals surface area contributed by atoms with Crippen molar-refractivity contribution in [2.24, 2.45) is 0 Å². The maximum Gasteiger partial charge on any atom is 0.296 e. The van der Waals surface area contributed by atoms with Crippen LogP contribution in [0.15, 0.2) is 161 Å². The van der Waals surface area contributed by atoms with E-state index in [9.17, 15) is 9.59 Å². The zero-order valence-electron chi connectivity index (χ0n) is 23.1. The number of hydrogen-bond donors (Lipinski definition) is 1. The fourth-order valence-corrected chi connectivity index (χ4v) is 10.9. The van der Waals surface area contributed by atoms with Crippen molar-refractivity contribution >= 4 is 46.0 Å². The number of aromatic nitrogens is 2. The molecule has 0 radical (unpaired) electrons. The van der Waals surface area contributed by atoms with E-state index in [4.69, 9.17) is 4.98 Å². The molecule has 0 aliphatic carbocycles. The minimum Gasteiger partial charge on any atom is -1.00 e. The molecular weight excluding hydrogens is 635 g/mol. The van der Waals surface area contributed by atoms with Crippen LogP contribution in [0.4, 0.5) is 0 Å². The molecule has 0 amide bonds. The average Bonchev–Trinajstić information content (AvgIpc) is 3.07. The first kappa shape index (κ1) is 30.4. The predicted octanol–water partition coefficient (Wildman–Crippen LogP) is 3.04. The monoisotopic (exact) mass is 662 g/mol. The molecule has 0 aliphatic rings. The Morgan fingerprint density at radius 3 is 1.51 bits per heavy atom. The van der Waals surface area contributed by atoms with Crippen molar-refractivity contribution in [2.75, 3.05) is 5.75 Å². The summed E-state index contributed by atoms with van der Waals surface area (Å²) >= 11 is 1.33. The number of rotatable bonds is 9. The van der Waals surface area contributed by atoms with Gasteiger partial charge in [0.05, 0.1) is 5.75 Å². The van der Waals surface area contributed by atoms with Crippen LogP contribution >= 0.6 is 19.0 Å². The largest absolute Gasteiger partial charge is 1.00 e. The Morgan fingerprint density at radius 2 is 1.05 bits per heavy atom. The summed E-state index contributed by atoms with van der Waals surface area (Å²) in [4.78, 5) is 36.1. The number of thioether (sulfide) groups is 1. The molecule has 43 heavy (non-hydrogen) atoms. The molecule has 1 heterocycles. The van der Waals surface area contributed by atoms with Gasteiger partial charge in [0.25, 0.3) is 5.56 Å². The molecule has 0 saturated heterocycles. The van der Waals surface area contributed by atoms with Gasteiger partial charge in [0.15, 0.2) is 13.0 Å². The van der Waals surface area contributed by atoms with Gasteiger partial charge < -0.3 is 22.0 Å². The Kier molecular flexibility index (Phi) is 9.83. The lowest BCUT2D eigenvalue weighted by atomic mass is 10.2. The minimum absolute atomic E-state index is 0. The number of Topliss-reactive ketones (excluding diaryl/α,β-unsaturated/α-hetero) is 1. The summed E-state index contributed by atoms with van der Waals surface area (Å²) in [6, 6.07) is 49.5. The van der Waals surface area contributed by atoms with Gasteiger partial charge in [0, 0.05) is 11.1 Å². The van der Waals surface area contributed by atoms with Crippen LogP contribution in [0, 0.1) is 0 Å². The van der Waals surface area contributed by atoms with E-state index in [0.717, 1.165) is 21.5 Å². The Morgan fingerprint density at radius 1 is 0.628 bits per heavy atom. The van der Waals surface area contributed by atoms with E-state index in [1.165, 1.54) is 11.8 Å². The first-order valence-electron chi connectivity index (χ1n) is 13.6. The van der Waals surface area contributed by atoms with Crippen molar-refractivity contribution in [1.82, 2.24) is 9.97 Å². The number of aromatic amines is 1. The van der Waals surface area contributed by atoms with Crippen molar-refractivity contribution in [3.63, 3.8) is 0 Å². The molecule has 1 N–H and O–H groups in total. The highest BCUT2D eigenvalue weighted by molar-refractivity contribution is 8.04. The Hall–Kier alpha value is -4.09. The Labute approximate surface area is 266 Å². The lowest BCUT2D eigenvalue weighted by Crippen LogP contribution is -3.00. The number of carbonyl (C=O) groups is 1. The standard InChI is InChI=1S/C36H27N2O2PS.BrH/c39-32(27-16-6-1-7-17-27)26-42-36-33(35(40)37-34(38-36)28-18-8-2-9-19-28)41(29-20-10-3-11-21-29,30-22-12-4-13-23-30)31-24-14-5-15-25-31;/h1-25H,26H2;1H. The molecule has 0 bridgehead atoms. The van der Waals surface area contributed by atoms with E-state index >= 15 is 0 Å². The molecule has 5 aromatic carbocycles. The first-order chi connectivity index (χ1) is 20.7. The summed E-state index contributed by atoms with van der Waals surface area (Å²) in [6.07, 6.45) is 0. The summed E-state index contributed by atoms with van der Waals surface area (Å²) in [5.41, 5.74) is 1.23. The van der Waals surface area contributed by atoms with Crippen molar-refractivity contribution in [3.8, 4) is 11.4 Å². The van der Waals surface area contributed by atoms with E-state index in [0.29, 0.717) is 21.7 Å². The highest BCUT2D eigenvalue weighted by Gasteiger charge is 2.52.